The van der Waals surface area contributed by atoms with Gasteiger partial charge in [0, 0.05) is 38.1 Å². The van der Waals surface area contributed by atoms with Crippen LogP contribution >= 0.6 is 0 Å². The van der Waals surface area contributed by atoms with Crippen LogP contribution < -0.4 is 0 Å². The van der Waals surface area contributed by atoms with Crippen LogP contribution in [-0.4, -0.2) is 58.3 Å². The highest BCUT2D eigenvalue weighted by Crippen LogP contribution is 2.32. The summed E-state index contributed by atoms with van der Waals surface area (Å²) in [6.45, 7) is 2.32. The average molecular weight is 447 g/mol. The van der Waals surface area contributed by atoms with Crippen molar-refractivity contribution < 1.29 is 19.1 Å². The lowest BCUT2D eigenvalue weighted by Crippen LogP contribution is -2.51. The maximum Gasteiger partial charge on any atom is 0.347 e. The van der Waals surface area contributed by atoms with Crippen molar-refractivity contribution in [2.24, 2.45) is 0 Å². The van der Waals surface area contributed by atoms with E-state index in [2.05, 4.69) is 17.0 Å². The summed E-state index contributed by atoms with van der Waals surface area (Å²) < 4.78 is 6.69. The Labute approximate surface area is 195 Å². The Morgan fingerprint density at radius 1 is 1.03 bits per heavy atom. The van der Waals surface area contributed by atoms with E-state index in [1.165, 1.54) is 0 Å². The molecule has 0 radical (unpaired) electrons. The zero-order chi connectivity index (χ0) is 23.2. The van der Waals surface area contributed by atoms with Gasteiger partial charge in [0.25, 0.3) is 0 Å². The quantitative estimate of drug-likeness (QED) is 0.402. The molecule has 33 heavy (non-hydrogen) atoms. The summed E-state index contributed by atoms with van der Waals surface area (Å²) >= 11 is 0. The molecule has 172 valence electrons. The Morgan fingerprint density at radius 3 is 2.24 bits per heavy atom. The Balaban J connectivity index is 1.43. The lowest BCUT2D eigenvalue weighted by molar-refractivity contribution is -0.921. The summed E-state index contributed by atoms with van der Waals surface area (Å²) in [6, 6.07) is 20.1. The van der Waals surface area contributed by atoms with Crippen molar-refractivity contribution in [3.05, 3.63) is 96.1 Å². The highest BCUT2D eigenvalue weighted by Gasteiger charge is 2.44. The number of quaternary nitrogens is 1. The monoisotopic (exact) mass is 446 g/mol. The highest BCUT2D eigenvalue weighted by molar-refractivity contribution is 5.85. The molecule has 0 spiro atoms. The number of hydrogen-bond donors (Lipinski definition) is 1. The fraction of sp³-hybridized carbons (Fsp3) is 0.370. The van der Waals surface area contributed by atoms with E-state index < -0.39 is 11.6 Å². The van der Waals surface area contributed by atoms with E-state index in [1.807, 2.05) is 42.5 Å². The van der Waals surface area contributed by atoms with Crippen LogP contribution in [0.2, 0.25) is 0 Å². The molecule has 1 saturated heterocycles. The molecule has 0 saturated carbocycles. The predicted molar refractivity (Wildman–Crippen MR) is 126 cm³/mol. The van der Waals surface area contributed by atoms with Gasteiger partial charge in [0.05, 0.1) is 20.1 Å². The van der Waals surface area contributed by atoms with Crippen molar-refractivity contribution in [1.29, 1.82) is 0 Å². The van der Waals surface area contributed by atoms with Crippen LogP contribution in [0, 0.1) is 0 Å². The largest absolute Gasteiger partial charge is 0.457 e. The number of aromatic nitrogens is 2. The Bertz CT molecular complexity index is 991. The number of likely N-dealkylation sites (N-methyl/N-ethyl adjacent to an activating group) is 1. The molecule has 6 nitrogen and oxygen atoms in total. The minimum atomic E-state index is -1.84. The van der Waals surface area contributed by atoms with Crippen molar-refractivity contribution in [2.45, 2.75) is 37.3 Å². The Hall–Kier alpha value is -3.09. The van der Waals surface area contributed by atoms with Crippen molar-refractivity contribution in [3.8, 4) is 0 Å². The van der Waals surface area contributed by atoms with E-state index >= 15 is 0 Å². The van der Waals surface area contributed by atoms with Crippen LogP contribution in [0.4, 0.5) is 0 Å². The van der Waals surface area contributed by atoms with Gasteiger partial charge in [0.2, 0.25) is 5.60 Å². The normalized spacial score (nSPS) is 20.5. The van der Waals surface area contributed by atoms with Gasteiger partial charge in [0.15, 0.2) is 0 Å². The van der Waals surface area contributed by atoms with Crippen molar-refractivity contribution in [1.82, 2.24) is 9.97 Å². The summed E-state index contributed by atoms with van der Waals surface area (Å²) in [6.07, 6.45) is 7.46. The molecule has 0 amide bonds. The zero-order valence-corrected chi connectivity index (χ0v) is 19.1. The molecule has 2 atom stereocenters. The minimum absolute atomic E-state index is 0.210. The van der Waals surface area contributed by atoms with Crippen molar-refractivity contribution in [3.63, 3.8) is 0 Å². The second kappa shape index (κ2) is 10.2. The van der Waals surface area contributed by atoms with Gasteiger partial charge in [-0.1, -0.05) is 60.7 Å². The fourth-order valence-corrected chi connectivity index (χ4v) is 4.83. The summed E-state index contributed by atoms with van der Waals surface area (Å²) in [5, 5.41) is 11.6. The van der Waals surface area contributed by atoms with Gasteiger partial charge in [-0.25, -0.2) is 14.8 Å². The van der Waals surface area contributed by atoms with Gasteiger partial charge in [-0.15, -0.1) is 0 Å². The Kier molecular flexibility index (Phi) is 7.16. The third-order valence-electron chi connectivity index (χ3n) is 6.86. The van der Waals surface area contributed by atoms with E-state index in [0.29, 0.717) is 17.7 Å². The molecule has 3 aromatic rings. The number of likely N-dealkylation sites (tertiary alicyclic amines) is 1. The number of benzene rings is 2. The molecule has 1 unspecified atom stereocenters. The lowest BCUT2D eigenvalue weighted by atomic mass is 9.86. The smallest absolute Gasteiger partial charge is 0.347 e. The molecule has 1 aliphatic heterocycles. The van der Waals surface area contributed by atoms with Crippen molar-refractivity contribution in [2.75, 3.05) is 26.7 Å². The average Bonchev–Trinajstić information content (AvgIpc) is 3.23. The first kappa shape index (κ1) is 23.1. The molecule has 2 heterocycles. The van der Waals surface area contributed by atoms with Gasteiger partial charge in [-0.3, -0.25) is 0 Å². The third kappa shape index (κ3) is 5.13. The van der Waals surface area contributed by atoms with E-state index in [4.69, 9.17) is 4.74 Å². The van der Waals surface area contributed by atoms with Gasteiger partial charge < -0.3 is 14.3 Å². The van der Waals surface area contributed by atoms with E-state index in [-0.39, 0.29) is 6.04 Å². The summed E-state index contributed by atoms with van der Waals surface area (Å²) in [4.78, 5) is 22.0. The number of hydrogen-bond acceptors (Lipinski definition) is 5. The predicted octanol–water partition coefficient (Wildman–Crippen LogP) is 3.50. The number of aryl methyl sites for hydroxylation is 1. The number of carbonyl (C=O) groups excluding carboxylic acids is 1. The number of carbonyl (C=O) groups is 1. The molecule has 6 heteroatoms. The fourth-order valence-electron chi connectivity index (χ4n) is 4.83. The first-order chi connectivity index (χ1) is 16.0. The second-order valence-corrected chi connectivity index (χ2v) is 9.03. The molecule has 1 aliphatic rings. The van der Waals surface area contributed by atoms with Crippen LogP contribution in [-0.2, 0) is 21.6 Å². The highest BCUT2D eigenvalue weighted by atomic mass is 16.6. The lowest BCUT2D eigenvalue weighted by Gasteiger charge is -2.36. The maximum absolute atomic E-state index is 13.3. The molecule has 0 bridgehead atoms. The number of ether oxygens (including phenoxy) is 1. The van der Waals surface area contributed by atoms with Crippen LogP contribution in [0.1, 0.15) is 36.2 Å². The molecule has 1 aromatic heterocycles. The number of aliphatic hydroxyl groups is 1. The molecule has 1 N–H and O–H groups in total. The molecule has 1 fully saturated rings. The third-order valence-corrected chi connectivity index (χ3v) is 6.86. The topological polar surface area (TPSA) is 72.3 Å². The van der Waals surface area contributed by atoms with Crippen molar-refractivity contribution >= 4 is 5.97 Å². The number of nitrogens with zero attached hydrogens (tertiary/aromatic N) is 3. The number of rotatable bonds is 9. The summed E-state index contributed by atoms with van der Waals surface area (Å²) in [5.41, 5.74) is -0.824. The molecule has 0 aliphatic carbocycles. The summed E-state index contributed by atoms with van der Waals surface area (Å²) in [5.74, 6) is 0.234. The standard InChI is InChI=1S/C27H32N3O3/c1-30(20-9-16-25-28-17-10-18-29-25)19-8-15-24(30)21-33-26(31)27(32,22-11-4-2-5-12-22)23-13-6-3-7-14-23/h2-7,10-14,17-18,24,32H,8-9,15-16,19-21H2,1H3/q+1/t24-,30?/m1/s1. The molecular formula is C27H32N3O3+. The minimum Gasteiger partial charge on any atom is -0.457 e. The molecular weight excluding hydrogens is 414 g/mol. The second-order valence-electron chi connectivity index (χ2n) is 9.03. The number of esters is 1. The first-order valence-electron chi connectivity index (χ1n) is 11.6. The van der Waals surface area contributed by atoms with E-state index in [1.54, 1.807) is 36.7 Å². The SMILES string of the molecule is C[N+]1(CCCc2ncccn2)CCC[C@@H]1COC(=O)C(O)(c1ccccc1)c1ccccc1. The molecule has 4 rings (SSSR count). The summed E-state index contributed by atoms with van der Waals surface area (Å²) in [7, 11) is 2.23. The first-order valence-corrected chi connectivity index (χ1v) is 11.6. The molecule has 2 aromatic carbocycles. The van der Waals surface area contributed by atoms with Crippen LogP contribution in [0.5, 0.6) is 0 Å². The Morgan fingerprint density at radius 2 is 1.64 bits per heavy atom. The van der Waals surface area contributed by atoms with Gasteiger partial charge in [0.1, 0.15) is 18.5 Å². The van der Waals surface area contributed by atoms with E-state index in [9.17, 15) is 9.90 Å². The van der Waals surface area contributed by atoms with Gasteiger partial charge >= 0.3 is 5.97 Å². The maximum atomic E-state index is 13.3. The van der Waals surface area contributed by atoms with Gasteiger partial charge in [-0.05, 0) is 17.2 Å². The van der Waals surface area contributed by atoms with Crippen LogP contribution in [0.25, 0.3) is 0 Å². The zero-order valence-electron chi connectivity index (χ0n) is 19.1. The van der Waals surface area contributed by atoms with Crippen LogP contribution in [0.15, 0.2) is 79.1 Å². The van der Waals surface area contributed by atoms with Crippen LogP contribution in [0.3, 0.4) is 0 Å². The van der Waals surface area contributed by atoms with Gasteiger partial charge in [-0.2, -0.15) is 0 Å². The van der Waals surface area contributed by atoms with E-state index in [0.717, 1.165) is 49.1 Å².